The van der Waals surface area contributed by atoms with Crippen molar-refractivity contribution in [1.29, 1.82) is 0 Å². The van der Waals surface area contributed by atoms with Crippen molar-refractivity contribution in [3.63, 3.8) is 0 Å². The fourth-order valence-electron chi connectivity index (χ4n) is 1.10. The molecule has 5 N–H and O–H groups in total. The molecule has 1 aromatic carbocycles. The van der Waals surface area contributed by atoms with Gasteiger partial charge >= 0.3 is 5.97 Å². The molecule has 0 saturated heterocycles. The topological polar surface area (TPSA) is 89.3 Å². The molecule has 0 saturated carbocycles. The molecule has 1 aromatic rings. The monoisotopic (exact) mass is 214 g/mol. The molecule has 4 nitrogen and oxygen atoms in total. The van der Waals surface area contributed by atoms with Crippen LogP contribution in [0.3, 0.4) is 0 Å². The predicted molar refractivity (Wildman–Crippen MR) is 55.0 cm³/mol. The van der Waals surface area contributed by atoms with E-state index in [9.17, 15) is 4.79 Å². The van der Waals surface area contributed by atoms with Crippen molar-refractivity contribution in [1.82, 2.24) is 0 Å². The Morgan fingerprint density at radius 3 is 2.71 bits per heavy atom. The Bertz CT molecular complexity index is 355. The first-order valence-corrected chi connectivity index (χ1v) is 4.41. The summed E-state index contributed by atoms with van der Waals surface area (Å²) in [6.45, 7) is 0. The number of hydrogen-bond acceptors (Lipinski definition) is 3. The van der Waals surface area contributed by atoms with Crippen LogP contribution in [0.15, 0.2) is 18.2 Å². The molecule has 1 rings (SSSR count). The van der Waals surface area contributed by atoms with Crippen molar-refractivity contribution in [2.75, 3.05) is 5.73 Å². The van der Waals surface area contributed by atoms with Gasteiger partial charge in [0.2, 0.25) is 0 Å². The second-order valence-corrected chi connectivity index (χ2v) is 3.39. The minimum absolute atomic E-state index is 0.124. The number of halogens is 1. The number of carboxylic acid groups (broad SMARTS) is 1. The van der Waals surface area contributed by atoms with Crippen molar-refractivity contribution >= 4 is 23.3 Å². The van der Waals surface area contributed by atoms with E-state index in [0.717, 1.165) is 0 Å². The molecule has 0 bridgehead atoms. The minimum Gasteiger partial charge on any atom is -0.481 e. The smallest absolute Gasteiger partial charge is 0.305 e. The first-order chi connectivity index (χ1) is 6.50. The van der Waals surface area contributed by atoms with Crippen LogP contribution in [0.2, 0.25) is 5.02 Å². The summed E-state index contributed by atoms with van der Waals surface area (Å²) in [6, 6.07) is 4.32. The molecule has 0 fully saturated rings. The van der Waals surface area contributed by atoms with Gasteiger partial charge in [-0.3, -0.25) is 4.79 Å². The lowest BCUT2D eigenvalue weighted by atomic mass is 10.0. The Hall–Kier alpha value is -1.26. The zero-order valence-electron chi connectivity index (χ0n) is 7.40. The van der Waals surface area contributed by atoms with E-state index in [4.69, 9.17) is 28.2 Å². The van der Waals surface area contributed by atoms with Crippen LogP contribution in [0.4, 0.5) is 5.69 Å². The SMILES string of the molecule is Nc1cc([C@H](N)CC(=O)O)ccc1Cl. The van der Waals surface area contributed by atoms with E-state index in [-0.39, 0.29) is 6.42 Å². The van der Waals surface area contributed by atoms with Gasteiger partial charge in [-0.2, -0.15) is 0 Å². The summed E-state index contributed by atoms with van der Waals surface area (Å²) in [6.07, 6.45) is -0.124. The molecule has 5 heteroatoms. The minimum atomic E-state index is -0.939. The number of anilines is 1. The molecule has 0 aliphatic rings. The summed E-state index contributed by atoms with van der Waals surface area (Å²) in [4.78, 5) is 10.4. The predicted octanol–water partition coefficient (Wildman–Crippen LogP) is 1.40. The normalized spacial score (nSPS) is 12.4. The zero-order valence-corrected chi connectivity index (χ0v) is 8.16. The van der Waals surface area contributed by atoms with Crippen molar-refractivity contribution < 1.29 is 9.90 Å². The lowest BCUT2D eigenvalue weighted by molar-refractivity contribution is -0.137. The van der Waals surface area contributed by atoms with E-state index >= 15 is 0 Å². The third-order valence-electron chi connectivity index (χ3n) is 1.84. The lowest BCUT2D eigenvalue weighted by Crippen LogP contribution is -2.15. The van der Waals surface area contributed by atoms with Crippen LogP contribution in [0.5, 0.6) is 0 Å². The molecule has 0 heterocycles. The second kappa shape index (κ2) is 4.30. The molecular formula is C9H11ClN2O2. The number of aliphatic carboxylic acids is 1. The van der Waals surface area contributed by atoms with E-state index in [0.29, 0.717) is 16.3 Å². The first-order valence-electron chi connectivity index (χ1n) is 4.03. The number of benzene rings is 1. The van der Waals surface area contributed by atoms with Gasteiger partial charge in [0.15, 0.2) is 0 Å². The number of carbonyl (C=O) groups is 1. The maximum Gasteiger partial charge on any atom is 0.305 e. The highest BCUT2D eigenvalue weighted by Crippen LogP contribution is 2.23. The average Bonchev–Trinajstić information content (AvgIpc) is 2.08. The van der Waals surface area contributed by atoms with E-state index in [1.54, 1.807) is 18.2 Å². The van der Waals surface area contributed by atoms with Gasteiger partial charge in [-0.05, 0) is 17.7 Å². The van der Waals surface area contributed by atoms with Crippen molar-refractivity contribution in [3.05, 3.63) is 28.8 Å². The van der Waals surface area contributed by atoms with Gasteiger partial charge in [0.25, 0.3) is 0 Å². The number of hydrogen-bond donors (Lipinski definition) is 3. The Morgan fingerprint density at radius 2 is 2.21 bits per heavy atom. The van der Waals surface area contributed by atoms with Gasteiger partial charge in [0.05, 0.1) is 17.1 Å². The highest BCUT2D eigenvalue weighted by molar-refractivity contribution is 6.33. The van der Waals surface area contributed by atoms with Crippen molar-refractivity contribution in [2.24, 2.45) is 5.73 Å². The van der Waals surface area contributed by atoms with Crippen molar-refractivity contribution in [3.8, 4) is 0 Å². The molecule has 1 atom stereocenters. The Labute approximate surface area is 86.5 Å². The van der Waals surface area contributed by atoms with Crippen LogP contribution in [-0.2, 0) is 4.79 Å². The first kappa shape index (κ1) is 10.8. The zero-order chi connectivity index (χ0) is 10.7. The highest BCUT2D eigenvalue weighted by atomic mass is 35.5. The van der Waals surface area contributed by atoms with Gasteiger partial charge in [-0.1, -0.05) is 17.7 Å². The summed E-state index contributed by atoms with van der Waals surface area (Å²) in [5, 5.41) is 8.97. The molecule has 0 unspecified atom stereocenters. The molecule has 0 aliphatic heterocycles. The molecule has 0 spiro atoms. The fourth-order valence-corrected chi connectivity index (χ4v) is 1.22. The van der Waals surface area contributed by atoms with Gasteiger partial charge in [-0.25, -0.2) is 0 Å². The average molecular weight is 215 g/mol. The number of carboxylic acids is 1. The van der Waals surface area contributed by atoms with E-state index in [1.807, 2.05) is 0 Å². The number of nitrogen functional groups attached to an aromatic ring is 1. The molecule has 0 radical (unpaired) electrons. The van der Waals surface area contributed by atoms with Gasteiger partial charge < -0.3 is 16.6 Å². The lowest BCUT2D eigenvalue weighted by Gasteiger charge is -2.10. The summed E-state index contributed by atoms with van der Waals surface area (Å²) in [5.41, 5.74) is 12.3. The summed E-state index contributed by atoms with van der Waals surface area (Å²) < 4.78 is 0. The van der Waals surface area contributed by atoms with E-state index < -0.39 is 12.0 Å². The summed E-state index contributed by atoms with van der Waals surface area (Å²) in [5.74, 6) is -0.939. The molecular weight excluding hydrogens is 204 g/mol. The van der Waals surface area contributed by atoms with Crippen LogP contribution in [0.1, 0.15) is 18.0 Å². The number of rotatable bonds is 3. The maximum absolute atomic E-state index is 10.4. The van der Waals surface area contributed by atoms with Crippen molar-refractivity contribution in [2.45, 2.75) is 12.5 Å². The van der Waals surface area contributed by atoms with Gasteiger partial charge in [0.1, 0.15) is 0 Å². The van der Waals surface area contributed by atoms with Gasteiger partial charge in [0, 0.05) is 6.04 Å². The van der Waals surface area contributed by atoms with Crippen LogP contribution in [-0.4, -0.2) is 11.1 Å². The Morgan fingerprint density at radius 1 is 1.57 bits per heavy atom. The second-order valence-electron chi connectivity index (χ2n) is 2.99. The quantitative estimate of drug-likeness (QED) is 0.664. The molecule has 0 aromatic heterocycles. The van der Waals surface area contributed by atoms with Crippen LogP contribution >= 0.6 is 11.6 Å². The van der Waals surface area contributed by atoms with E-state index in [1.165, 1.54) is 0 Å². The molecule has 14 heavy (non-hydrogen) atoms. The molecule has 0 amide bonds. The maximum atomic E-state index is 10.4. The van der Waals surface area contributed by atoms with Gasteiger partial charge in [-0.15, -0.1) is 0 Å². The molecule has 76 valence electrons. The summed E-state index contributed by atoms with van der Waals surface area (Å²) in [7, 11) is 0. The largest absolute Gasteiger partial charge is 0.481 e. The highest BCUT2D eigenvalue weighted by Gasteiger charge is 2.11. The standard InChI is InChI=1S/C9H11ClN2O2/c10-6-2-1-5(3-8(6)12)7(11)4-9(13)14/h1-3,7H,4,11-12H2,(H,13,14)/t7-/m1/s1. The van der Waals surface area contributed by atoms with Crippen LogP contribution in [0.25, 0.3) is 0 Å². The summed E-state index contributed by atoms with van der Waals surface area (Å²) >= 11 is 5.71. The third-order valence-corrected chi connectivity index (χ3v) is 2.19. The fraction of sp³-hybridized carbons (Fsp3) is 0.222. The van der Waals surface area contributed by atoms with E-state index in [2.05, 4.69) is 0 Å². The Kier molecular flexibility index (Phi) is 3.33. The Balaban J connectivity index is 2.85. The van der Waals surface area contributed by atoms with Crippen LogP contribution in [0, 0.1) is 0 Å². The third kappa shape index (κ3) is 2.61. The number of nitrogens with two attached hydrogens (primary N) is 2. The van der Waals surface area contributed by atoms with Crippen LogP contribution < -0.4 is 11.5 Å². The molecule has 0 aliphatic carbocycles.